The zero-order chi connectivity index (χ0) is 15.9. The molecule has 1 amide bonds. The van der Waals surface area contributed by atoms with Gasteiger partial charge in [0.25, 0.3) is 5.91 Å². The fraction of sp³-hybridized carbons (Fsp3) is 0.625. The number of carboxylic acids is 1. The van der Waals surface area contributed by atoms with Crippen molar-refractivity contribution in [2.75, 3.05) is 0 Å². The van der Waals surface area contributed by atoms with Crippen molar-refractivity contribution in [3.63, 3.8) is 0 Å². The number of carbonyl (C=O) groups is 2. The first-order chi connectivity index (χ1) is 10.5. The molecule has 6 heteroatoms. The molecular weight excluding hydrogens is 282 g/mol. The van der Waals surface area contributed by atoms with Crippen LogP contribution in [-0.4, -0.2) is 43.9 Å². The van der Waals surface area contributed by atoms with Crippen molar-refractivity contribution in [1.29, 1.82) is 0 Å². The van der Waals surface area contributed by atoms with Gasteiger partial charge in [0, 0.05) is 11.7 Å². The summed E-state index contributed by atoms with van der Waals surface area (Å²) in [5.41, 5.74) is 1.03. The van der Waals surface area contributed by atoms with Gasteiger partial charge in [-0.3, -0.25) is 4.79 Å². The molecule has 0 radical (unpaired) electrons. The van der Waals surface area contributed by atoms with Crippen LogP contribution in [0.25, 0.3) is 0 Å². The lowest BCUT2D eigenvalue weighted by atomic mass is 9.84. The van der Waals surface area contributed by atoms with Gasteiger partial charge in [-0.05, 0) is 45.1 Å². The van der Waals surface area contributed by atoms with E-state index in [1.54, 1.807) is 17.9 Å². The molecule has 1 aromatic rings. The number of amides is 1. The second kappa shape index (κ2) is 5.66. The van der Waals surface area contributed by atoms with Crippen molar-refractivity contribution < 1.29 is 14.7 Å². The van der Waals surface area contributed by atoms with Gasteiger partial charge in [0.15, 0.2) is 0 Å². The van der Waals surface area contributed by atoms with Crippen LogP contribution < -0.4 is 0 Å². The number of aromatic nitrogens is 2. The lowest BCUT2D eigenvalue weighted by molar-refractivity contribution is -0.141. The molecule has 2 heterocycles. The summed E-state index contributed by atoms with van der Waals surface area (Å²) in [6, 6.07) is 0.957. The Labute approximate surface area is 129 Å². The highest BCUT2D eigenvalue weighted by Crippen LogP contribution is 2.40. The molecule has 1 aromatic heterocycles. The van der Waals surface area contributed by atoms with Crippen LogP contribution in [0.5, 0.6) is 0 Å². The quantitative estimate of drug-likeness (QED) is 0.903. The first-order valence-electron chi connectivity index (χ1n) is 7.85. The molecule has 0 spiro atoms. The smallest absolute Gasteiger partial charge is 0.326 e. The van der Waals surface area contributed by atoms with E-state index in [0.717, 1.165) is 31.4 Å². The molecule has 1 saturated carbocycles. The summed E-state index contributed by atoms with van der Waals surface area (Å²) in [5, 5.41) is 9.51. The molecule has 6 nitrogen and oxygen atoms in total. The van der Waals surface area contributed by atoms with Crippen LogP contribution in [0.3, 0.4) is 0 Å². The maximum Gasteiger partial charge on any atom is 0.326 e. The minimum atomic E-state index is -0.912. The van der Waals surface area contributed by atoms with Gasteiger partial charge in [-0.1, -0.05) is 12.8 Å². The van der Waals surface area contributed by atoms with Crippen molar-refractivity contribution in [3.05, 3.63) is 23.3 Å². The van der Waals surface area contributed by atoms with Crippen molar-refractivity contribution >= 4 is 11.9 Å². The molecule has 118 valence electrons. The van der Waals surface area contributed by atoms with E-state index in [2.05, 4.69) is 9.97 Å². The Balaban J connectivity index is 1.95. The molecule has 2 aliphatic rings. The number of nitrogens with zero attached hydrogens (tertiary/aromatic N) is 3. The Kier molecular flexibility index (Phi) is 3.85. The van der Waals surface area contributed by atoms with Crippen molar-refractivity contribution in [2.24, 2.45) is 5.92 Å². The zero-order valence-electron chi connectivity index (χ0n) is 13.0. The highest BCUT2D eigenvalue weighted by atomic mass is 16.4. The largest absolute Gasteiger partial charge is 0.480 e. The van der Waals surface area contributed by atoms with E-state index in [4.69, 9.17) is 0 Å². The third kappa shape index (κ3) is 2.58. The van der Waals surface area contributed by atoms with Gasteiger partial charge >= 0.3 is 5.97 Å². The fourth-order valence-corrected chi connectivity index (χ4v) is 3.93. The number of aryl methyl sites for hydroxylation is 2. The predicted molar refractivity (Wildman–Crippen MR) is 79.5 cm³/mol. The molecule has 0 aromatic carbocycles. The van der Waals surface area contributed by atoms with E-state index in [9.17, 15) is 14.7 Å². The standard InChI is InChI=1S/C16H21N3O3/c1-9-7-12(18-10(2)17-9)15(20)19-13-6-4-3-5-11(13)8-14(19)16(21)22/h7,11,13-14H,3-6,8H2,1-2H3,(H,21,22). The number of carbonyl (C=O) groups excluding carboxylic acids is 1. The van der Waals surface area contributed by atoms with Crippen LogP contribution >= 0.6 is 0 Å². The molecule has 3 rings (SSSR count). The third-order valence-electron chi connectivity index (χ3n) is 4.79. The van der Waals surface area contributed by atoms with E-state index in [1.165, 1.54) is 0 Å². The van der Waals surface area contributed by atoms with Gasteiger partial charge in [0.2, 0.25) is 0 Å². The molecule has 1 N–H and O–H groups in total. The maximum atomic E-state index is 12.9. The van der Waals surface area contributed by atoms with Crippen LogP contribution in [0.2, 0.25) is 0 Å². The summed E-state index contributed by atoms with van der Waals surface area (Å²) in [4.78, 5) is 34.5. The summed E-state index contributed by atoms with van der Waals surface area (Å²) in [5.74, 6) is -0.335. The monoisotopic (exact) mass is 303 g/mol. The van der Waals surface area contributed by atoms with Gasteiger partial charge in [0.05, 0.1) is 0 Å². The van der Waals surface area contributed by atoms with Crippen molar-refractivity contribution in [2.45, 2.75) is 58.0 Å². The minimum Gasteiger partial charge on any atom is -0.480 e. The van der Waals surface area contributed by atoms with Gasteiger partial charge in [-0.15, -0.1) is 0 Å². The van der Waals surface area contributed by atoms with Crippen LogP contribution in [0, 0.1) is 19.8 Å². The lowest BCUT2D eigenvalue weighted by Crippen LogP contribution is -2.46. The third-order valence-corrected chi connectivity index (χ3v) is 4.79. The number of hydrogen-bond donors (Lipinski definition) is 1. The van der Waals surface area contributed by atoms with Crippen LogP contribution in [0.4, 0.5) is 0 Å². The molecular formula is C16H21N3O3. The van der Waals surface area contributed by atoms with Gasteiger partial charge in [-0.2, -0.15) is 0 Å². The minimum absolute atomic E-state index is 0.0397. The predicted octanol–water partition coefficient (Wildman–Crippen LogP) is 1.95. The topological polar surface area (TPSA) is 83.4 Å². The van der Waals surface area contributed by atoms with E-state index in [1.807, 2.05) is 6.92 Å². The first-order valence-corrected chi connectivity index (χ1v) is 7.85. The number of aliphatic carboxylic acids is 1. The van der Waals surface area contributed by atoms with Gasteiger partial charge in [-0.25, -0.2) is 14.8 Å². The maximum absolute atomic E-state index is 12.9. The summed E-state index contributed by atoms with van der Waals surface area (Å²) in [6.07, 6.45) is 4.65. The zero-order valence-corrected chi connectivity index (χ0v) is 13.0. The van der Waals surface area contributed by atoms with Crippen LogP contribution in [-0.2, 0) is 4.79 Å². The Bertz CT molecular complexity index is 596. The summed E-state index contributed by atoms with van der Waals surface area (Å²) < 4.78 is 0. The summed E-state index contributed by atoms with van der Waals surface area (Å²) in [7, 11) is 0. The number of carboxylic acid groups (broad SMARTS) is 1. The average Bonchev–Trinajstić information content (AvgIpc) is 2.85. The normalized spacial score (nSPS) is 27.5. The second-order valence-corrected chi connectivity index (χ2v) is 6.36. The Morgan fingerprint density at radius 1 is 1.23 bits per heavy atom. The highest BCUT2D eigenvalue weighted by molar-refractivity contribution is 5.95. The lowest BCUT2D eigenvalue weighted by Gasteiger charge is -2.32. The molecule has 0 bridgehead atoms. The molecule has 1 aliphatic heterocycles. The molecule has 2 fully saturated rings. The van der Waals surface area contributed by atoms with E-state index in [0.29, 0.717) is 23.9 Å². The molecule has 1 aliphatic carbocycles. The van der Waals surface area contributed by atoms with Crippen LogP contribution in [0.1, 0.15) is 54.1 Å². The van der Waals surface area contributed by atoms with Crippen LogP contribution in [0.15, 0.2) is 6.07 Å². The van der Waals surface area contributed by atoms with Gasteiger partial charge < -0.3 is 10.0 Å². The number of rotatable bonds is 2. The Hall–Kier alpha value is -1.98. The van der Waals surface area contributed by atoms with Gasteiger partial charge in [0.1, 0.15) is 17.6 Å². The Morgan fingerprint density at radius 3 is 2.64 bits per heavy atom. The highest BCUT2D eigenvalue weighted by Gasteiger charge is 2.48. The van der Waals surface area contributed by atoms with E-state index < -0.39 is 12.0 Å². The SMILES string of the molecule is Cc1cc(C(=O)N2C(C(=O)O)CC3CCCCC32)nc(C)n1. The van der Waals surface area contributed by atoms with E-state index in [-0.39, 0.29) is 11.9 Å². The molecule has 3 atom stereocenters. The summed E-state index contributed by atoms with van der Waals surface area (Å²) in [6.45, 7) is 3.55. The molecule has 1 saturated heterocycles. The first kappa shape index (κ1) is 14.9. The second-order valence-electron chi connectivity index (χ2n) is 6.36. The van der Waals surface area contributed by atoms with Crippen molar-refractivity contribution in [3.8, 4) is 0 Å². The number of fused-ring (bicyclic) bond motifs is 1. The fourth-order valence-electron chi connectivity index (χ4n) is 3.93. The van der Waals surface area contributed by atoms with Crippen molar-refractivity contribution in [1.82, 2.24) is 14.9 Å². The number of hydrogen-bond acceptors (Lipinski definition) is 4. The summed E-state index contributed by atoms with van der Waals surface area (Å²) >= 11 is 0. The molecule has 3 unspecified atom stereocenters. The van der Waals surface area contributed by atoms with E-state index >= 15 is 0 Å². The average molecular weight is 303 g/mol. The number of likely N-dealkylation sites (tertiary alicyclic amines) is 1. The Morgan fingerprint density at radius 2 is 1.95 bits per heavy atom. The molecule has 22 heavy (non-hydrogen) atoms.